The molecule has 0 saturated carbocycles. The normalized spacial score (nSPS) is 13.4. The first-order valence-electron chi connectivity index (χ1n) is 9.18. The molecule has 0 aromatic heterocycles. The Hall–Kier alpha value is -3.39. The fraction of sp³-hybridized carbons (Fsp3) is 0.286. The Bertz CT molecular complexity index is 926. The third-order valence-electron chi connectivity index (χ3n) is 4.84. The highest BCUT2D eigenvalue weighted by atomic mass is 16.5. The van der Waals surface area contributed by atoms with Gasteiger partial charge in [0, 0.05) is 31.5 Å². The number of methoxy groups -OCH3 is 1. The maximum absolute atomic E-state index is 12.0. The van der Waals surface area contributed by atoms with Gasteiger partial charge in [0.15, 0.2) is 0 Å². The van der Waals surface area contributed by atoms with Gasteiger partial charge < -0.3 is 25.4 Å². The van der Waals surface area contributed by atoms with E-state index in [1.165, 1.54) is 31.4 Å². The minimum Gasteiger partial charge on any atom is -0.465 e. The van der Waals surface area contributed by atoms with E-state index in [4.69, 9.17) is 0 Å². The summed E-state index contributed by atoms with van der Waals surface area (Å²) in [6, 6.07) is 11.6. The van der Waals surface area contributed by atoms with Gasteiger partial charge in [-0.05, 0) is 47.9 Å². The van der Waals surface area contributed by atoms with E-state index < -0.39 is 23.9 Å². The lowest BCUT2D eigenvalue weighted by Crippen LogP contribution is -2.37. The van der Waals surface area contributed by atoms with Crippen molar-refractivity contribution in [3.63, 3.8) is 0 Å². The van der Waals surface area contributed by atoms with Crippen LogP contribution in [0.5, 0.6) is 0 Å². The fourth-order valence-corrected chi connectivity index (χ4v) is 3.18. The molecule has 3 N–H and O–H groups in total. The van der Waals surface area contributed by atoms with Gasteiger partial charge in [0.25, 0.3) is 0 Å². The summed E-state index contributed by atoms with van der Waals surface area (Å²) in [6.07, 6.45) is -0.00192. The Labute approximate surface area is 168 Å². The summed E-state index contributed by atoms with van der Waals surface area (Å²) in [4.78, 5) is 37.6. The van der Waals surface area contributed by atoms with Crippen LogP contribution in [-0.4, -0.2) is 50.1 Å². The molecule has 8 heteroatoms. The molecule has 1 heterocycles. The molecule has 2 aromatic rings. The number of nitrogens with zero attached hydrogens (tertiary/aromatic N) is 1. The molecule has 0 saturated heterocycles. The summed E-state index contributed by atoms with van der Waals surface area (Å²) in [5, 5.41) is 15.2. The van der Waals surface area contributed by atoms with E-state index >= 15 is 0 Å². The quantitative estimate of drug-likeness (QED) is 0.518. The van der Waals surface area contributed by atoms with E-state index in [0.29, 0.717) is 16.8 Å². The van der Waals surface area contributed by atoms with Gasteiger partial charge in [-0.25, -0.2) is 4.79 Å². The van der Waals surface area contributed by atoms with E-state index in [2.05, 4.69) is 20.3 Å². The molecule has 1 aliphatic heterocycles. The molecule has 3 rings (SSSR count). The Morgan fingerprint density at radius 3 is 2.55 bits per heavy atom. The van der Waals surface area contributed by atoms with Gasteiger partial charge >= 0.3 is 17.8 Å². The lowest BCUT2D eigenvalue weighted by atomic mass is 10.0. The molecule has 0 spiro atoms. The van der Waals surface area contributed by atoms with Crippen LogP contribution in [0.25, 0.3) is 0 Å². The van der Waals surface area contributed by atoms with Crippen molar-refractivity contribution in [2.45, 2.75) is 12.5 Å². The molecule has 2 amide bonds. The number of aliphatic hydroxyl groups excluding tert-OH is 1. The number of likely N-dealkylation sites (N-methyl/N-ethyl adjacent to an activating group) is 1. The number of fused-ring (bicyclic) bond motifs is 1. The minimum absolute atomic E-state index is 0.0812. The van der Waals surface area contributed by atoms with Crippen LogP contribution in [0.15, 0.2) is 42.5 Å². The van der Waals surface area contributed by atoms with E-state index in [0.717, 1.165) is 24.2 Å². The monoisotopic (exact) mass is 397 g/mol. The van der Waals surface area contributed by atoms with Gasteiger partial charge in [0.1, 0.15) is 0 Å². The Morgan fingerprint density at radius 1 is 1.14 bits per heavy atom. The van der Waals surface area contributed by atoms with Crippen molar-refractivity contribution in [2.24, 2.45) is 0 Å². The zero-order chi connectivity index (χ0) is 21.0. The highest BCUT2D eigenvalue weighted by Gasteiger charge is 2.20. The van der Waals surface area contributed by atoms with Gasteiger partial charge in [-0.1, -0.05) is 12.1 Å². The maximum Gasteiger partial charge on any atom is 0.337 e. The predicted molar refractivity (Wildman–Crippen MR) is 108 cm³/mol. The standard InChI is InChI=1S/C21H23N3O5/c1-24-10-9-14-11-15(5-8-17(14)24)18(25)12-22-19(26)20(27)23-16-6-3-13(4-7-16)21(28)29-2/h3-8,11,18,25H,9-10,12H2,1-2H3,(H,22,26)(H,23,27)/t18-/m1/s1. The molecule has 152 valence electrons. The van der Waals surface area contributed by atoms with Crippen molar-refractivity contribution in [3.05, 3.63) is 59.2 Å². The molecule has 0 aliphatic carbocycles. The Kier molecular flexibility index (Phi) is 6.13. The smallest absolute Gasteiger partial charge is 0.337 e. The zero-order valence-electron chi connectivity index (χ0n) is 16.3. The molecular weight excluding hydrogens is 374 g/mol. The number of anilines is 2. The van der Waals surface area contributed by atoms with E-state index in [1.807, 2.05) is 25.2 Å². The van der Waals surface area contributed by atoms with Gasteiger partial charge in [-0.2, -0.15) is 0 Å². The molecule has 0 radical (unpaired) electrons. The van der Waals surface area contributed by atoms with Crippen LogP contribution in [0.2, 0.25) is 0 Å². The number of carbonyl (C=O) groups is 3. The van der Waals surface area contributed by atoms with Crippen molar-refractivity contribution in [1.29, 1.82) is 0 Å². The summed E-state index contributed by atoms with van der Waals surface area (Å²) < 4.78 is 4.60. The SMILES string of the molecule is COC(=O)c1ccc(NC(=O)C(=O)NC[C@@H](O)c2ccc3c(c2)CCN3C)cc1. The lowest BCUT2D eigenvalue weighted by Gasteiger charge is -2.15. The van der Waals surface area contributed by atoms with Crippen molar-refractivity contribution in [3.8, 4) is 0 Å². The Balaban J connectivity index is 1.52. The average Bonchev–Trinajstić information content (AvgIpc) is 3.11. The van der Waals surface area contributed by atoms with Crippen LogP contribution in [0.3, 0.4) is 0 Å². The van der Waals surface area contributed by atoms with E-state index in [1.54, 1.807) is 0 Å². The van der Waals surface area contributed by atoms with Crippen LogP contribution in [-0.2, 0) is 20.7 Å². The zero-order valence-corrected chi connectivity index (χ0v) is 16.3. The lowest BCUT2D eigenvalue weighted by molar-refractivity contribution is -0.136. The number of hydrogen-bond acceptors (Lipinski definition) is 6. The third kappa shape index (κ3) is 4.72. The number of amides is 2. The molecule has 0 unspecified atom stereocenters. The van der Waals surface area contributed by atoms with Crippen LogP contribution in [0.1, 0.15) is 27.6 Å². The van der Waals surface area contributed by atoms with Gasteiger partial charge in [0.05, 0.1) is 18.8 Å². The van der Waals surface area contributed by atoms with Crippen molar-refractivity contribution in [1.82, 2.24) is 5.32 Å². The second-order valence-corrected chi connectivity index (χ2v) is 6.81. The third-order valence-corrected chi connectivity index (χ3v) is 4.84. The molecular formula is C21H23N3O5. The first-order chi connectivity index (χ1) is 13.9. The van der Waals surface area contributed by atoms with Crippen LogP contribution >= 0.6 is 0 Å². The van der Waals surface area contributed by atoms with Crippen LogP contribution in [0.4, 0.5) is 11.4 Å². The molecule has 1 aliphatic rings. The topological polar surface area (TPSA) is 108 Å². The Morgan fingerprint density at radius 2 is 1.86 bits per heavy atom. The fourth-order valence-electron chi connectivity index (χ4n) is 3.18. The highest BCUT2D eigenvalue weighted by Crippen LogP contribution is 2.29. The molecule has 0 fully saturated rings. The second kappa shape index (κ2) is 8.74. The second-order valence-electron chi connectivity index (χ2n) is 6.81. The molecule has 1 atom stereocenters. The number of nitrogens with one attached hydrogen (secondary N) is 2. The first-order valence-corrected chi connectivity index (χ1v) is 9.18. The van der Waals surface area contributed by atoms with Gasteiger partial charge in [0.2, 0.25) is 0 Å². The minimum atomic E-state index is -0.915. The molecule has 2 aromatic carbocycles. The molecule has 8 nitrogen and oxygen atoms in total. The van der Waals surface area contributed by atoms with Crippen LogP contribution < -0.4 is 15.5 Å². The van der Waals surface area contributed by atoms with Gasteiger partial charge in [-0.3, -0.25) is 9.59 Å². The number of aliphatic hydroxyl groups is 1. The number of rotatable bonds is 5. The summed E-state index contributed by atoms with van der Waals surface area (Å²) >= 11 is 0. The number of ether oxygens (including phenoxy) is 1. The van der Waals surface area contributed by atoms with Crippen molar-refractivity contribution >= 4 is 29.2 Å². The maximum atomic E-state index is 12.0. The number of benzene rings is 2. The summed E-state index contributed by atoms with van der Waals surface area (Å²) in [6.45, 7) is 0.856. The van der Waals surface area contributed by atoms with Crippen LogP contribution in [0, 0.1) is 0 Å². The number of hydrogen-bond donors (Lipinski definition) is 3. The van der Waals surface area contributed by atoms with E-state index in [-0.39, 0.29) is 6.54 Å². The molecule has 0 bridgehead atoms. The summed E-state index contributed by atoms with van der Waals surface area (Å²) in [5.41, 5.74) is 3.68. The van der Waals surface area contributed by atoms with Crippen molar-refractivity contribution < 1.29 is 24.2 Å². The first kappa shape index (κ1) is 20.3. The van der Waals surface area contributed by atoms with E-state index in [9.17, 15) is 19.5 Å². The highest BCUT2D eigenvalue weighted by molar-refractivity contribution is 6.39. The van der Waals surface area contributed by atoms with Crippen molar-refractivity contribution in [2.75, 3.05) is 37.5 Å². The average molecular weight is 397 g/mol. The number of carbonyl (C=O) groups excluding carboxylic acids is 3. The number of esters is 1. The van der Waals surface area contributed by atoms with Gasteiger partial charge in [-0.15, -0.1) is 0 Å². The largest absolute Gasteiger partial charge is 0.465 e. The summed E-state index contributed by atoms with van der Waals surface area (Å²) in [7, 11) is 3.29. The summed E-state index contributed by atoms with van der Waals surface area (Å²) in [5.74, 6) is -2.21. The molecule has 29 heavy (non-hydrogen) atoms. The predicted octanol–water partition coefficient (Wildman–Crippen LogP) is 1.25.